The van der Waals surface area contributed by atoms with Crippen molar-refractivity contribution in [1.82, 2.24) is 0 Å². The third-order valence-corrected chi connectivity index (χ3v) is 4.17. The van der Waals surface area contributed by atoms with Crippen LogP contribution in [0.4, 0.5) is 5.69 Å². The maximum Gasteiger partial charge on any atom is 0.124 e. The Bertz CT molecular complexity index is 458. The van der Waals surface area contributed by atoms with Gasteiger partial charge in [-0.25, -0.2) is 0 Å². The minimum absolute atomic E-state index is 0.136. The van der Waals surface area contributed by atoms with Gasteiger partial charge in [-0.05, 0) is 43.9 Å². The number of anilines is 1. The molecule has 1 heterocycles. The number of benzene rings is 1. The predicted octanol–water partition coefficient (Wildman–Crippen LogP) is 3.36. The number of nitrogens with two attached hydrogens (primary N) is 1. The fourth-order valence-electron chi connectivity index (χ4n) is 2.60. The molecule has 0 radical (unpaired) electrons. The molecule has 4 heteroatoms. The first-order valence-electron chi connectivity index (χ1n) is 6.39. The lowest BCUT2D eigenvalue weighted by Crippen LogP contribution is -2.42. The van der Waals surface area contributed by atoms with E-state index < -0.39 is 0 Å². The summed E-state index contributed by atoms with van der Waals surface area (Å²) in [6, 6.07) is 6.53. The number of piperidine rings is 1. The summed E-state index contributed by atoms with van der Waals surface area (Å²) in [5.41, 5.74) is 7.62. The summed E-state index contributed by atoms with van der Waals surface area (Å²) < 4.78 is 0.967. The molecule has 2 rings (SSSR count). The van der Waals surface area contributed by atoms with E-state index in [9.17, 15) is 0 Å². The van der Waals surface area contributed by atoms with Crippen molar-refractivity contribution in [3.05, 3.63) is 28.2 Å². The van der Waals surface area contributed by atoms with Gasteiger partial charge in [0, 0.05) is 28.3 Å². The van der Waals surface area contributed by atoms with Gasteiger partial charge < -0.3 is 10.6 Å². The van der Waals surface area contributed by atoms with Gasteiger partial charge in [0.25, 0.3) is 0 Å². The largest absolute Gasteiger partial charge is 0.384 e. The maximum absolute atomic E-state index is 7.74. The molecule has 0 bridgehead atoms. The van der Waals surface area contributed by atoms with Gasteiger partial charge >= 0.3 is 0 Å². The van der Waals surface area contributed by atoms with E-state index in [1.807, 2.05) is 12.1 Å². The molecule has 0 amide bonds. The van der Waals surface area contributed by atoms with Crippen LogP contribution in [0.25, 0.3) is 0 Å². The quantitative estimate of drug-likeness (QED) is 0.650. The van der Waals surface area contributed by atoms with Crippen molar-refractivity contribution >= 4 is 27.5 Å². The average Bonchev–Trinajstić information content (AvgIpc) is 2.32. The fourth-order valence-corrected chi connectivity index (χ4v) is 2.96. The highest BCUT2D eigenvalue weighted by atomic mass is 79.9. The molecular formula is C14H20BrN3. The van der Waals surface area contributed by atoms with Crippen molar-refractivity contribution in [2.45, 2.75) is 32.7 Å². The van der Waals surface area contributed by atoms with E-state index in [0.29, 0.717) is 12.0 Å². The van der Waals surface area contributed by atoms with E-state index in [4.69, 9.17) is 11.1 Å². The molecule has 1 aromatic rings. The monoisotopic (exact) mass is 309 g/mol. The Morgan fingerprint density at radius 2 is 2.11 bits per heavy atom. The van der Waals surface area contributed by atoms with Gasteiger partial charge in [-0.3, -0.25) is 5.41 Å². The first kappa shape index (κ1) is 13.4. The lowest BCUT2D eigenvalue weighted by molar-refractivity contribution is 0.390. The van der Waals surface area contributed by atoms with Crippen LogP contribution < -0.4 is 10.6 Å². The topological polar surface area (TPSA) is 53.1 Å². The smallest absolute Gasteiger partial charge is 0.124 e. The van der Waals surface area contributed by atoms with E-state index in [2.05, 4.69) is 40.7 Å². The molecule has 1 fully saturated rings. The minimum atomic E-state index is 0.136. The molecule has 3 N–H and O–H groups in total. The zero-order valence-electron chi connectivity index (χ0n) is 10.9. The number of nitrogens with zero attached hydrogens (tertiary/aromatic N) is 1. The Morgan fingerprint density at radius 1 is 1.39 bits per heavy atom. The molecule has 18 heavy (non-hydrogen) atoms. The molecule has 0 aliphatic carbocycles. The number of hydrogen-bond acceptors (Lipinski definition) is 2. The normalized spacial score (nSPS) is 24.1. The highest BCUT2D eigenvalue weighted by molar-refractivity contribution is 9.10. The number of halogens is 1. The van der Waals surface area contributed by atoms with Crippen LogP contribution in [0.15, 0.2) is 22.7 Å². The van der Waals surface area contributed by atoms with E-state index in [1.165, 1.54) is 12.8 Å². The van der Waals surface area contributed by atoms with Gasteiger partial charge in [-0.1, -0.05) is 22.9 Å². The molecule has 2 unspecified atom stereocenters. The number of nitrogens with one attached hydrogen (secondary N) is 1. The second-order valence-electron chi connectivity index (χ2n) is 5.26. The number of amidine groups is 1. The van der Waals surface area contributed by atoms with Crippen molar-refractivity contribution in [3.8, 4) is 0 Å². The Labute approximate surface area is 117 Å². The molecule has 1 aliphatic rings. The molecule has 0 aromatic heterocycles. The zero-order valence-corrected chi connectivity index (χ0v) is 12.5. The number of nitrogen functional groups attached to an aromatic ring is 1. The van der Waals surface area contributed by atoms with E-state index in [0.717, 1.165) is 22.3 Å². The molecule has 3 nitrogen and oxygen atoms in total. The number of rotatable bonds is 2. The summed E-state index contributed by atoms with van der Waals surface area (Å²) in [5.74, 6) is 0.835. The van der Waals surface area contributed by atoms with Crippen LogP contribution in [0.3, 0.4) is 0 Å². The van der Waals surface area contributed by atoms with Crippen molar-refractivity contribution in [1.29, 1.82) is 5.41 Å². The maximum atomic E-state index is 7.74. The molecule has 1 aromatic carbocycles. The lowest BCUT2D eigenvalue weighted by Gasteiger charge is -2.39. The Morgan fingerprint density at radius 3 is 2.78 bits per heavy atom. The van der Waals surface area contributed by atoms with Crippen molar-refractivity contribution in [2.75, 3.05) is 11.4 Å². The lowest BCUT2D eigenvalue weighted by atomic mass is 9.93. The van der Waals surface area contributed by atoms with Gasteiger partial charge in [0.15, 0.2) is 0 Å². The summed E-state index contributed by atoms with van der Waals surface area (Å²) >= 11 is 3.44. The highest BCUT2D eigenvalue weighted by Gasteiger charge is 2.25. The summed E-state index contributed by atoms with van der Waals surface area (Å²) in [7, 11) is 0. The summed E-state index contributed by atoms with van der Waals surface area (Å²) in [6.07, 6.45) is 2.48. The van der Waals surface area contributed by atoms with Crippen molar-refractivity contribution < 1.29 is 0 Å². The highest BCUT2D eigenvalue weighted by Crippen LogP contribution is 2.31. The number of hydrogen-bond donors (Lipinski definition) is 2. The molecule has 0 spiro atoms. The van der Waals surface area contributed by atoms with Crippen LogP contribution in [0.1, 0.15) is 32.3 Å². The van der Waals surface area contributed by atoms with Gasteiger partial charge in [-0.15, -0.1) is 0 Å². The van der Waals surface area contributed by atoms with Crippen molar-refractivity contribution in [3.63, 3.8) is 0 Å². The molecule has 98 valence electrons. The average molecular weight is 310 g/mol. The molecule has 2 atom stereocenters. The SMILES string of the molecule is CC1CCC(C)N(c2ccc(Br)cc2C(=N)N)C1. The fraction of sp³-hybridized carbons (Fsp3) is 0.500. The summed E-state index contributed by atoms with van der Waals surface area (Å²) in [5, 5.41) is 7.74. The van der Waals surface area contributed by atoms with Crippen LogP contribution in [0, 0.1) is 11.3 Å². The molecule has 0 saturated carbocycles. The van der Waals surface area contributed by atoms with Crippen LogP contribution >= 0.6 is 15.9 Å². The van der Waals surface area contributed by atoms with E-state index in [-0.39, 0.29) is 5.84 Å². The Kier molecular flexibility index (Phi) is 3.95. The van der Waals surface area contributed by atoms with Crippen LogP contribution in [0.5, 0.6) is 0 Å². The van der Waals surface area contributed by atoms with Gasteiger partial charge in [0.05, 0.1) is 0 Å². The van der Waals surface area contributed by atoms with Crippen LogP contribution in [0.2, 0.25) is 0 Å². The zero-order chi connectivity index (χ0) is 13.3. The third kappa shape index (κ3) is 2.69. The Balaban J connectivity index is 2.40. The van der Waals surface area contributed by atoms with Crippen LogP contribution in [-0.2, 0) is 0 Å². The van der Waals surface area contributed by atoms with Crippen molar-refractivity contribution in [2.24, 2.45) is 11.7 Å². The Hall–Kier alpha value is -1.03. The standard InChI is InChI=1S/C14H20BrN3/c1-9-3-4-10(2)18(8-9)13-6-5-11(15)7-12(13)14(16)17/h5-7,9-10H,3-4,8H2,1-2H3,(H3,16,17). The summed E-state index contributed by atoms with van der Waals surface area (Å²) in [6.45, 7) is 5.58. The first-order valence-corrected chi connectivity index (χ1v) is 7.19. The molecular weight excluding hydrogens is 290 g/mol. The van der Waals surface area contributed by atoms with E-state index >= 15 is 0 Å². The second kappa shape index (κ2) is 5.31. The van der Waals surface area contributed by atoms with Crippen LogP contribution in [-0.4, -0.2) is 18.4 Å². The third-order valence-electron chi connectivity index (χ3n) is 3.68. The molecule has 1 saturated heterocycles. The van der Waals surface area contributed by atoms with E-state index in [1.54, 1.807) is 0 Å². The second-order valence-corrected chi connectivity index (χ2v) is 6.17. The first-order chi connectivity index (χ1) is 8.49. The summed E-state index contributed by atoms with van der Waals surface area (Å²) in [4.78, 5) is 2.39. The van der Waals surface area contributed by atoms with Gasteiger partial charge in [0.1, 0.15) is 5.84 Å². The van der Waals surface area contributed by atoms with Gasteiger partial charge in [-0.2, -0.15) is 0 Å². The molecule has 1 aliphatic heterocycles. The van der Waals surface area contributed by atoms with Gasteiger partial charge in [0.2, 0.25) is 0 Å². The minimum Gasteiger partial charge on any atom is -0.384 e. The predicted molar refractivity (Wildman–Crippen MR) is 80.4 cm³/mol.